The lowest BCUT2D eigenvalue weighted by Gasteiger charge is -2.10. The Labute approximate surface area is 111 Å². The van der Waals surface area contributed by atoms with Crippen molar-refractivity contribution in [3.8, 4) is 0 Å². The topological polar surface area (TPSA) is 73.1 Å². The summed E-state index contributed by atoms with van der Waals surface area (Å²) in [5.74, 6) is -1.05. The van der Waals surface area contributed by atoms with Crippen LogP contribution in [-0.2, 0) is 17.9 Å². The SMILES string of the molecule is CCCn1ccc(=O)n(CC(=O)NCC(F)(F)F)c1=O. The average Bonchev–Trinajstić information content (AvgIpc) is 2.35. The van der Waals surface area contributed by atoms with E-state index in [0.717, 1.165) is 6.07 Å². The summed E-state index contributed by atoms with van der Waals surface area (Å²) >= 11 is 0. The van der Waals surface area contributed by atoms with E-state index >= 15 is 0 Å². The van der Waals surface area contributed by atoms with Gasteiger partial charge in [0.25, 0.3) is 5.56 Å². The molecule has 1 aromatic heterocycles. The zero-order valence-electron chi connectivity index (χ0n) is 10.7. The van der Waals surface area contributed by atoms with Crippen molar-refractivity contribution in [2.24, 2.45) is 0 Å². The largest absolute Gasteiger partial charge is 0.405 e. The van der Waals surface area contributed by atoms with Crippen molar-refractivity contribution in [2.45, 2.75) is 32.6 Å². The summed E-state index contributed by atoms with van der Waals surface area (Å²) in [5.41, 5.74) is -1.45. The first-order valence-electron chi connectivity index (χ1n) is 5.88. The molecule has 0 atom stereocenters. The molecule has 1 heterocycles. The Bertz CT molecular complexity index is 589. The fourth-order valence-electron chi connectivity index (χ4n) is 1.51. The molecule has 0 fully saturated rings. The zero-order valence-corrected chi connectivity index (χ0v) is 10.7. The highest BCUT2D eigenvalue weighted by Crippen LogP contribution is 2.11. The maximum absolute atomic E-state index is 11.9. The molecule has 0 saturated carbocycles. The monoisotopic (exact) mass is 293 g/mol. The second-order valence-electron chi connectivity index (χ2n) is 4.11. The Kier molecular flexibility index (Phi) is 5.12. The van der Waals surface area contributed by atoms with Crippen molar-refractivity contribution >= 4 is 5.91 Å². The lowest BCUT2D eigenvalue weighted by Crippen LogP contribution is -2.44. The van der Waals surface area contributed by atoms with Crippen LogP contribution in [0.2, 0.25) is 0 Å². The fraction of sp³-hybridized carbons (Fsp3) is 0.545. The molecule has 1 amide bonds. The van der Waals surface area contributed by atoms with Crippen LogP contribution in [0, 0.1) is 0 Å². The predicted octanol–water partition coefficient (Wildman–Crippen LogP) is 0.0985. The first-order valence-corrected chi connectivity index (χ1v) is 5.88. The van der Waals surface area contributed by atoms with E-state index in [2.05, 4.69) is 0 Å². The van der Waals surface area contributed by atoms with Gasteiger partial charge < -0.3 is 9.88 Å². The number of aryl methyl sites for hydroxylation is 1. The fourth-order valence-corrected chi connectivity index (χ4v) is 1.51. The first kappa shape index (κ1) is 16.0. The van der Waals surface area contributed by atoms with E-state index in [4.69, 9.17) is 0 Å². The third-order valence-corrected chi connectivity index (χ3v) is 2.39. The van der Waals surface area contributed by atoms with E-state index < -0.39 is 36.4 Å². The van der Waals surface area contributed by atoms with Gasteiger partial charge in [-0.05, 0) is 6.42 Å². The van der Waals surface area contributed by atoms with Crippen LogP contribution in [0.4, 0.5) is 13.2 Å². The van der Waals surface area contributed by atoms with Crippen LogP contribution in [0.5, 0.6) is 0 Å². The average molecular weight is 293 g/mol. The normalized spacial score (nSPS) is 11.4. The third-order valence-electron chi connectivity index (χ3n) is 2.39. The molecule has 0 unspecified atom stereocenters. The minimum absolute atomic E-state index is 0.350. The van der Waals surface area contributed by atoms with Gasteiger partial charge >= 0.3 is 11.9 Å². The van der Waals surface area contributed by atoms with Gasteiger partial charge in [0.2, 0.25) is 5.91 Å². The van der Waals surface area contributed by atoms with Crippen LogP contribution in [0.15, 0.2) is 21.9 Å². The van der Waals surface area contributed by atoms with E-state index in [1.165, 1.54) is 10.8 Å². The van der Waals surface area contributed by atoms with Gasteiger partial charge in [-0.15, -0.1) is 0 Å². The van der Waals surface area contributed by atoms with Crippen LogP contribution < -0.4 is 16.6 Å². The molecule has 112 valence electrons. The summed E-state index contributed by atoms with van der Waals surface area (Å²) in [6.45, 7) is -0.0733. The van der Waals surface area contributed by atoms with E-state index in [-0.39, 0.29) is 0 Å². The number of carbonyl (C=O) groups is 1. The molecule has 0 aliphatic heterocycles. The van der Waals surface area contributed by atoms with E-state index in [1.807, 2.05) is 6.92 Å². The molecule has 0 aromatic carbocycles. The first-order chi connectivity index (χ1) is 9.24. The summed E-state index contributed by atoms with van der Waals surface area (Å²) in [6, 6.07) is 1.09. The van der Waals surface area contributed by atoms with Crippen LogP contribution in [-0.4, -0.2) is 27.8 Å². The molecule has 1 rings (SSSR count). The van der Waals surface area contributed by atoms with Crippen molar-refractivity contribution < 1.29 is 18.0 Å². The molecule has 0 aliphatic carbocycles. The molecule has 6 nitrogen and oxygen atoms in total. The molecule has 0 saturated heterocycles. The Balaban J connectivity index is 2.87. The van der Waals surface area contributed by atoms with Gasteiger partial charge in [0.1, 0.15) is 13.1 Å². The second-order valence-corrected chi connectivity index (χ2v) is 4.11. The summed E-state index contributed by atoms with van der Waals surface area (Å²) in [6.07, 6.45) is -2.61. The summed E-state index contributed by atoms with van der Waals surface area (Å²) in [5, 5.41) is 1.61. The molecule has 0 spiro atoms. The summed E-state index contributed by atoms with van der Waals surface area (Å²) < 4.78 is 37.6. The van der Waals surface area contributed by atoms with Gasteiger partial charge in [-0.25, -0.2) is 4.79 Å². The van der Waals surface area contributed by atoms with E-state index in [0.29, 0.717) is 17.5 Å². The Morgan fingerprint density at radius 1 is 1.35 bits per heavy atom. The maximum atomic E-state index is 11.9. The van der Waals surface area contributed by atoms with Crippen molar-refractivity contribution in [1.29, 1.82) is 0 Å². The highest BCUT2D eigenvalue weighted by molar-refractivity contribution is 5.75. The Hall–Kier alpha value is -2.06. The van der Waals surface area contributed by atoms with Crippen molar-refractivity contribution in [1.82, 2.24) is 14.5 Å². The number of rotatable bonds is 5. The number of alkyl halides is 3. The molecule has 0 radical (unpaired) electrons. The highest BCUT2D eigenvalue weighted by atomic mass is 19.4. The van der Waals surface area contributed by atoms with Crippen molar-refractivity contribution in [2.75, 3.05) is 6.54 Å². The Morgan fingerprint density at radius 3 is 2.55 bits per heavy atom. The number of halogens is 3. The molecule has 9 heteroatoms. The number of hydrogen-bond acceptors (Lipinski definition) is 3. The Morgan fingerprint density at radius 2 is 2.00 bits per heavy atom. The minimum Gasteiger partial charge on any atom is -0.345 e. The van der Waals surface area contributed by atoms with Gasteiger partial charge in [-0.3, -0.25) is 14.2 Å². The van der Waals surface area contributed by atoms with Gasteiger partial charge in [-0.1, -0.05) is 6.92 Å². The third kappa shape index (κ3) is 4.56. The summed E-state index contributed by atoms with van der Waals surface area (Å²) in [4.78, 5) is 34.6. The minimum atomic E-state index is -4.54. The number of aromatic nitrogens is 2. The maximum Gasteiger partial charge on any atom is 0.405 e. The zero-order chi connectivity index (χ0) is 15.3. The number of carbonyl (C=O) groups excluding carboxylic acids is 1. The lowest BCUT2D eigenvalue weighted by atomic mass is 10.4. The number of hydrogen-bond donors (Lipinski definition) is 1. The van der Waals surface area contributed by atoms with Crippen molar-refractivity contribution in [3.05, 3.63) is 33.1 Å². The molecule has 20 heavy (non-hydrogen) atoms. The predicted molar refractivity (Wildman–Crippen MR) is 64.3 cm³/mol. The summed E-state index contributed by atoms with van der Waals surface area (Å²) in [7, 11) is 0. The van der Waals surface area contributed by atoms with Crippen molar-refractivity contribution in [3.63, 3.8) is 0 Å². The van der Waals surface area contributed by atoms with E-state index in [9.17, 15) is 27.6 Å². The molecule has 0 bridgehead atoms. The number of nitrogens with zero attached hydrogens (tertiary/aromatic N) is 2. The molecule has 1 aromatic rings. The lowest BCUT2D eigenvalue weighted by molar-refractivity contribution is -0.138. The number of amides is 1. The smallest absolute Gasteiger partial charge is 0.345 e. The van der Waals surface area contributed by atoms with Crippen LogP contribution >= 0.6 is 0 Å². The quantitative estimate of drug-likeness (QED) is 0.836. The molecule has 0 aliphatic rings. The van der Waals surface area contributed by atoms with Gasteiger partial charge in [0.05, 0.1) is 0 Å². The van der Waals surface area contributed by atoms with Gasteiger partial charge in [0.15, 0.2) is 0 Å². The van der Waals surface area contributed by atoms with E-state index in [1.54, 1.807) is 5.32 Å². The number of nitrogens with one attached hydrogen (secondary N) is 1. The van der Waals surface area contributed by atoms with Crippen LogP contribution in [0.3, 0.4) is 0 Å². The van der Waals surface area contributed by atoms with Gasteiger partial charge in [0, 0.05) is 18.8 Å². The van der Waals surface area contributed by atoms with Gasteiger partial charge in [-0.2, -0.15) is 13.2 Å². The molecule has 1 N–H and O–H groups in total. The highest BCUT2D eigenvalue weighted by Gasteiger charge is 2.27. The van der Waals surface area contributed by atoms with Crippen LogP contribution in [0.1, 0.15) is 13.3 Å². The molecular formula is C11H14F3N3O3. The standard InChI is InChI=1S/C11H14F3N3O3/c1-2-4-16-5-3-9(19)17(10(16)20)6-8(18)15-7-11(12,13)14/h3,5H,2,4,6-7H2,1H3,(H,15,18). The second kappa shape index (κ2) is 6.40. The molecular weight excluding hydrogens is 279 g/mol. The van der Waals surface area contributed by atoms with Crippen LogP contribution in [0.25, 0.3) is 0 Å².